The summed E-state index contributed by atoms with van der Waals surface area (Å²) in [6.07, 6.45) is 3.07. The van der Waals surface area contributed by atoms with Gasteiger partial charge in [0.05, 0.1) is 19.1 Å². The molecule has 1 aliphatic heterocycles. The molecule has 1 atom stereocenters. The van der Waals surface area contributed by atoms with E-state index in [-0.39, 0.29) is 22.8 Å². The first-order valence-electron chi connectivity index (χ1n) is 10.2. The van der Waals surface area contributed by atoms with E-state index < -0.39 is 31.8 Å². The van der Waals surface area contributed by atoms with E-state index in [1.807, 2.05) is 0 Å². The SMILES string of the molecule is COc1cnc(C(=O)Nc2ccc(F)c(C3(C)CS(=O)(=O)C4(CCC4)C(N)=N3)c2)c(C)c1. The monoisotopic (exact) mass is 460 g/mol. The zero-order chi connectivity index (χ0) is 23.3. The van der Waals surface area contributed by atoms with Crippen LogP contribution in [0, 0.1) is 12.7 Å². The van der Waals surface area contributed by atoms with Gasteiger partial charge in [0.1, 0.15) is 33.4 Å². The number of hydrogen-bond acceptors (Lipinski definition) is 7. The van der Waals surface area contributed by atoms with Gasteiger partial charge in [0.25, 0.3) is 5.91 Å². The number of aryl methyl sites for hydroxylation is 1. The van der Waals surface area contributed by atoms with E-state index >= 15 is 0 Å². The summed E-state index contributed by atoms with van der Waals surface area (Å²) in [5, 5.41) is 2.69. The van der Waals surface area contributed by atoms with Crippen LogP contribution in [0.25, 0.3) is 0 Å². The summed E-state index contributed by atoms with van der Waals surface area (Å²) in [5.41, 5.74) is 5.85. The fourth-order valence-corrected chi connectivity index (χ4v) is 6.89. The van der Waals surface area contributed by atoms with E-state index in [0.717, 1.165) is 6.42 Å². The summed E-state index contributed by atoms with van der Waals surface area (Å²) in [6.45, 7) is 3.27. The van der Waals surface area contributed by atoms with E-state index in [9.17, 15) is 17.6 Å². The van der Waals surface area contributed by atoms with Crippen molar-refractivity contribution in [1.29, 1.82) is 0 Å². The number of methoxy groups -OCH3 is 1. The molecule has 4 rings (SSSR count). The van der Waals surface area contributed by atoms with E-state index in [2.05, 4.69) is 15.3 Å². The number of hydrogen-bond donors (Lipinski definition) is 2. The standard InChI is InChI=1S/C22H25FN4O4S/c1-13-9-15(31-3)11-25-18(13)19(28)26-14-5-6-17(23)16(10-14)21(2)12-32(29,30)22(7-4-8-22)20(24)27-21/h5-6,9-11H,4,7-8,12H2,1-3H3,(H2,24,27)(H,26,28). The van der Waals surface area contributed by atoms with Crippen LogP contribution in [0.4, 0.5) is 10.1 Å². The van der Waals surface area contributed by atoms with Gasteiger partial charge in [-0.1, -0.05) is 0 Å². The summed E-state index contributed by atoms with van der Waals surface area (Å²) < 4.78 is 44.9. The maximum absolute atomic E-state index is 14.8. The Morgan fingerprint density at radius 3 is 2.56 bits per heavy atom. The van der Waals surface area contributed by atoms with Crippen LogP contribution in [-0.2, 0) is 15.4 Å². The third-order valence-electron chi connectivity index (χ3n) is 6.37. The Balaban J connectivity index is 1.67. The second-order valence-corrected chi connectivity index (χ2v) is 10.9. The molecule has 1 aromatic heterocycles. The maximum Gasteiger partial charge on any atom is 0.274 e. The molecule has 2 heterocycles. The molecule has 32 heavy (non-hydrogen) atoms. The van der Waals surface area contributed by atoms with Gasteiger partial charge in [0, 0.05) is 11.3 Å². The normalized spacial score (nSPS) is 23.2. The Labute approximate surface area is 186 Å². The smallest absolute Gasteiger partial charge is 0.274 e. The number of rotatable bonds is 4. The van der Waals surface area contributed by atoms with Gasteiger partial charge in [0.2, 0.25) is 0 Å². The summed E-state index contributed by atoms with van der Waals surface area (Å²) in [4.78, 5) is 21.3. The van der Waals surface area contributed by atoms with Crippen molar-refractivity contribution in [2.24, 2.45) is 10.7 Å². The minimum absolute atomic E-state index is 0.0318. The molecule has 10 heteroatoms. The second-order valence-electron chi connectivity index (χ2n) is 8.57. The Morgan fingerprint density at radius 1 is 1.28 bits per heavy atom. The first-order chi connectivity index (χ1) is 15.0. The van der Waals surface area contributed by atoms with Crippen LogP contribution in [0.15, 0.2) is 35.5 Å². The lowest BCUT2D eigenvalue weighted by Gasteiger charge is -2.46. The molecule has 1 unspecified atom stereocenters. The number of anilines is 1. The molecule has 1 saturated carbocycles. The van der Waals surface area contributed by atoms with Crippen molar-refractivity contribution in [2.75, 3.05) is 18.2 Å². The molecule has 1 spiro atoms. The van der Waals surface area contributed by atoms with Crippen LogP contribution in [-0.4, -0.2) is 42.8 Å². The maximum atomic E-state index is 14.8. The molecule has 1 amide bonds. The van der Waals surface area contributed by atoms with E-state index in [1.165, 1.54) is 31.5 Å². The summed E-state index contributed by atoms with van der Waals surface area (Å²) >= 11 is 0. The Hall–Kier alpha value is -3.01. The molecule has 170 valence electrons. The lowest BCUT2D eigenvalue weighted by molar-refractivity contribution is 0.102. The Morgan fingerprint density at radius 2 is 2.00 bits per heavy atom. The highest BCUT2D eigenvalue weighted by Gasteiger charge is 2.58. The summed E-state index contributed by atoms with van der Waals surface area (Å²) in [7, 11) is -2.13. The summed E-state index contributed by atoms with van der Waals surface area (Å²) in [6, 6.07) is 5.66. The lowest BCUT2D eigenvalue weighted by atomic mass is 9.82. The zero-order valence-electron chi connectivity index (χ0n) is 18.1. The number of sulfone groups is 1. The number of ether oxygens (including phenoxy) is 1. The van der Waals surface area contributed by atoms with Crippen LogP contribution in [0.3, 0.4) is 0 Å². The van der Waals surface area contributed by atoms with Gasteiger partial charge in [-0.15, -0.1) is 0 Å². The molecule has 8 nitrogen and oxygen atoms in total. The predicted octanol–water partition coefficient (Wildman–Crippen LogP) is 2.71. The van der Waals surface area contributed by atoms with Gasteiger partial charge in [-0.05, 0) is 62.9 Å². The topological polar surface area (TPSA) is 124 Å². The Kier molecular flexibility index (Phi) is 5.23. The lowest BCUT2D eigenvalue weighted by Crippen LogP contribution is -2.61. The number of aliphatic imine (C=N–C) groups is 1. The predicted molar refractivity (Wildman–Crippen MR) is 119 cm³/mol. The first-order valence-corrected chi connectivity index (χ1v) is 11.9. The molecule has 1 fully saturated rings. The van der Waals surface area contributed by atoms with Crippen molar-refractivity contribution in [3.63, 3.8) is 0 Å². The van der Waals surface area contributed by atoms with E-state index in [4.69, 9.17) is 10.5 Å². The second kappa shape index (κ2) is 7.54. The summed E-state index contributed by atoms with van der Waals surface area (Å²) in [5.74, 6) is -0.909. The van der Waals surface area contributed by atoms with Gasteiger partial charge >= 0.3 is 0 Å². The molecule has 0 bridgehead atoms. The number of nitrogens with zero attached hydrogens (tertiary/aromatic N) is 2. The number of amides is 1. The highest BCUT2D eigenvalue weighted by atomic mass is 32.2. The molecule has 2 aliphatic rings. The third kappa shape index (κ3) is 3.42. The van der Waals surface area contributed by atoms with Gasteiger partial charge in [-0.25, -0.2) is 17.8 Å². The van der Waals surface area contributed by atoms with E-state index in [1.54, 1.807) is 19.9 Å². The number of pyridine rings is 1. The van der Waals surface area contributed by atoms with Crippen LogP contribution in [0.5, 0.6) is 5.75 Å². The highest BCUT2D eigenvalue weighted by molar-refractivity contribution is 7.93. The van der Waals surface area contributed by atoms with Crippen LogP contribution in [0.2, 0.25) is 0 Å². The van der Waals surface area contributed by atoms with Gasteiger partial charge < -0.3 is 15.8 Å². The van der Waals surface area contributed by atoms with Crippen molar-refractivity contribution >= 4 is 27.3 Å². The number of nitrogens with two attached hydrogens (primary N) is 1. The molecule has 1 aliphatic carbocycles. The third-order valence-corrected chi connectivity index (χ3v) is 9.12. The van der Waals surface area contributed by atoms with Crippen LogP contribution < -0.4 is 15.8 Å². The molecular formula is C22H25FN4O4S. The van der Waals surface area contributed by atoms with Crippen molar-refractivity contribution in [3.8, 4) is 5.75 Å². The minimum atomic E-state index is -3.63. The van der Waals surface area contributed by atoms with Crippen molar-refractivity contribution in [1.82, 2.24) is 4.98 Å². The van der Waals surface area contributed by atoms with Gasteiger partial charge in [-0.2, -0.15) is 0 Å². The number of amidine groups is 1. The number of aromatic nitrogens is 1. The van der Waals surface area contributed by atoms with Crippen molar-refractivity contribution < 1.29 is 22.3 Å². The fraction of sp³-hybridized carbons (Fsp3) is 0.409. The molecule has 0 saturated heterocycles. The quantitative estimate of drug-likeness (QED) is 0.723. The van der Waals surface area contributed by atoms with Crippen molar-refractivity contribution in [2.45, 2.75) is 43.4 Å². The average molecular weight is 461 g/mol. The number of halogens is 1. The molecular weight excluding hydrogens is 435 g/mol. The van der Waals surface area contributed by atoms with Crippen molar-refractivity contribution in [3.05, 3.63) is 53.1 Å². The molecule has 1 aromatic carbocycles. The van der Waals surface area contributed by atoms with E-state index in [0.29, 0.717) is 29.8 Å². The number of benzene rings is 1. The van der Waals surface area contributed by atoms with Crippen LogP contribution in [0.1, 0.15) is 47.8 Å². The minimum Gasteiger partial charge on any atom is -0.495 e. The zero-order valence-corrected chi connectivity index (χ0v) is 18.9. The first kappa shape index (κ1) is 22.2. The molecule has 3 N–H and O–H groups in total. The fourth-order valence-electron chi connectivity index (χ4n) is 4.37. The number of carbonyl (C=O) groups is 1. The van der Waals surface area contributed by atoms with Gasteiger partial charge in [-0.3, -0.25) is 9.79 Å². The van der Waals surface area contributed by atoms with Gasteiger partial charge in [0.15, 0.2) is 9.84 Å². The highest BCUT2D eigenvalue weighted by Crippen LogP contribution is 2.47. The molecule has 0 radical (unpaired) electrons. The number of carbonyl (C=O) groups excluding carboxylic acids is 1. The molecule has 2 aromatic rings. The average Bonchev–Trinajstić information content (AvgIpc) is 2.66. The van der Waals surface area contributed by atoms with Crippen LogP contribution >= 0.6 is 0 Å². The largest absolute Gasteiger partial charge is 0.495 e. The number of nitrogens with one attached hydrogen (secondary N) is 1. The Bertz CT molecular complexity index is 1240.